The maximum atomic E-state index is 12.5. The second-order valence-corrected chi connectivity index (χ2v) is 5.94. The highest BCUT2D eigenvalue weighted by molar-refractivity contribution is 5.85. The minimum absolute atomic E-state index is 0. The van der Waals surface area contributed by atoms with Gasteiger partial charge in [-0.3, -0.25) is 4.79 Å². The summed E-state index contributed by atoms with van der Waals surface area (Å²) in [5, 5.41) is 3.38. The van der Waals surface area contributed by atoms with E-state index in [1.54, 1.807) is 0 Å². The first-order valence-electron chi connectivity index (χ1n) is 7.81. The van der Waals surface area contributed by atoms with Gasteiger partial charge in [0.2, 0.25) is 5.91 Å². The van der Waals surface area contributed by atoms with Gasteiger partial charge in [0, 0.05) is 25.6 Å². The predicted molar refractivity (Wildman–Crippen MR) is 81.7 cm³/mol. The van der Waals surface area contributed by atoms with Crippen LogP contribution in [0, 0.1) is 5.92 Å². The van der Waals surface area contributed by atoms with E-state index in [1.807, 2.05) is 0 Å². The van der Waals surface area contributed by atoms with Gasteiger partial charge in [-0.05, 0) is 38.1 Å². The molecular weight excluding hydrogens is 260 g/mol. The van der Waals surface area contributed by atoms with Crippen LogP contribution in [0.25, 0.3) is 0 Å². The van der Waals surface area contributed by atoms with Crippen molar-refractivity contribution >= 4 is 18.3 Å². The van der Waals surface area contributed by atoms with Crippen molar-refractivity contribution < 1.29 is 4.79 Å². The van der Waals surface area contributed by atoms with E-state index in [-0.39, 0.29) is 12.4 Å². The summed E-state index contributed by atoms with van der Waals surface area (Å²) in [5.41, 5.74) is 0. The van der Waals surface area contributed by atoms with Crippen LogP contribution in [0.4, 0.5) is 0 Å². The van der Waals surface area contributed by atoms with Crippen LogP contribution in [0.3, 0.4) is 0 Å². The van der Waals surface area contributed by atoms with Crippen molar-refractivity contribution in [3.63, 3.8) is 0 Å². The molecule has 1 aliphatic heterocycles. The highest BCUT2D eigenvalue weighted by Crippen LogP contribution is 2.27. The second-order valence-electron chi connectivity index (χ2n) is 5.94. The molecule has 1 saturated heterocycles. The number of nitrogens with zero attached hydrogens (tertiary/aromatic N) is 1. The zero-order valence-electron chi connectivity index (χ0n) is 12.2. The molecule has 3 nitrogen and oxygen atoms in total. The summed E-state index contributed by atoms with van der Waals surface area (Å²) < 4.78 is 0. The average Bonchev–Trinajstić information content (AvgIpc) is 2.90. The summed E-state index contributed by atoms with van der Waals surface area (Å²) in [6, 6.07) is 0.459. The van der Waals surface area contributed by atoms with E-state index in [2.05, 4.69) is 17.1 Å². The van der Waals surface area contributed by atoms with Gasteiger partial charge in [0.05, 0.1) is 0 Å². The van der Waals surface area contributed by atoms with Crippen LogP contribution in [-0.4, -0.2) is 36.5 Å². The molecule has 1 heterocycles. The third-order valence-corrected chi connectivity index (χ3v) is 4.45. The number of nitrogens with one attached hydrogen (secondary N) is 1. The Morgan fingerprint density at radius 1 is 1.21 bits per heavy atom. The fourth-order valence-corrected chi connectivity index (χ4v) is 3.41. The van der Waals surface area contributed by atoms with E-state index in [0.29, 0.717) is 17.9 Å². The van der Waals surface area contributed by atoms with Crippen LogP contribution >= 0.6 is 12.4 Å². The van der Waals surface area contributed by atoms with Crippen molar-refractivity contribution in [1.29, 1.82) is 0 Å². The molecule has 1 aliphatic carbocycles. The largest absolute Gasteiger partial charge is 0.338 e. The van der Waals surface area contributed by atoms with Crippen LogP contribution in [0.5, 0.6) is 0 Å². The molecule has 1 saturated carbocycles. The summed E-state index contributed by atoms with van der Waals surface area (Å²) in [7, 11) is 0. The highest BCUT2D eigenvalue weighted by atomic mass is 35.5. The van der Waals surface area contributed by atoms with Crippen LogP contribution in [0.1, 0.15) is 58.3 Å². The van der Waals surface area contributed by atoms with E-state index >= 15 is 0 Å². The lowest BCUT2D eigenvalue weighted by molar-refractivity contribution is -0.134. The standard InChI is InChI=1S/C15H28N2O.ClH/c1-2-10-17(14-8-9-16-12-14)15(18)11-13-6-4-3-5-7-13;/h13-14,16H,2-12H2,1H3;1H. The molecule has 1 unspecified atom stereocenters. The Labute approximate surface area is 123 Å². The molecule has 0 aromatic heterocycles. The molecule has 1 amide bonds. The van der Waals surface area contributed by atoms with Gasteiger partial charge in [-0.2, -0.15) is 0 Å². The molecule has 0 radical (unpaired) electrons. The molecule has 2 rings (SSSR count). The van der Waals surface area contributed by atoms with Gasteiger partial charge >= 0.3 is 0 Å². The Bertz CT molecular complexity index is 261. The Kier molecular flexibility index (Phi) is 7.77. The lowest BCUT2D eigenvalue weighted by atomic mass is 9.86. The van der Waals surface area contributed by atoms with Gasteiger partial charge in [0.15, 0.2) is 0 Å². The molecule has 4 heteroatoms. The predicted octanol–water partition coefficient (Wildman–Crippen LogP) is 2.98. The highest BCUT2D eigenvalue weighted by Gasteiger charge is 2.27. The van der Waals surface area contributed by atoms with E-state index < -0.39 is 0 Å². The summed E-state index contributed by atoms with van der Waals surface area (Å²) in [6.07, 6.45) is 9.59. The van der Waals surface area contributed by atoms with E-state index in [1.165, 1.54) is 32.1 Å². The van der Waals surface area contributed by atoms with E-state index in [9.17, 15) is 4.79 Å². The summed E-state index contributed by atoms with van der Waals surface area (Å²) in [4.78, 5) is 14.6. The Morgan fingerprint density at radius 3 is 2.53 bits per heavy atom. The quantitative estimate of drug-likeness (QED) is 0.843. The number of carbonyl (C=O) groups is 1. The second kappa shape index (κ2) is 8.80. The topological polar surface area (TPSA) is 32.3 Å². The van der Waals surface area contributed by atoms with Gasteiger partial charge in [-0.15, -0.1) is 12.4 Å². The minimum Gasteiger partial charge on any atom is -0.338 e. The fraction of sp³-hybridized carbons (Fsp3) is 0.933. The average molecular weight is 289 g/mol. The van der Waals surface area contributed by atoms with Crippen LogP contribution in [0.2, 0.25) is 0 Å². The molecule has 1 N–H and O–H groups in total. The zero-order chi connectivity index (χ0) is 12.8. The summed E-state index contributed by atoms with van der Waals surface area (Å²) in [6.45, 7) is 5.18. The first-order chi connectivity index (χ1) is 8.81. The van der Waals surface area contributed by atoms with Gasteiger partial charge in [0.25, 0.3) is 0 Å². The maximum absolute atomic E-state index is 12.5. The smallest absolute Gasteiger partial charge is 0.223 e. The monoisotopic (exact) mass is 288 g/mol. The van der Waals surface area contributed by atoms with Gasteiger partial charge in [0.1, 0.15) is 0 Å². The first-order valence-corrected chi connectivity index (χ1v) is 7.81. The lowest BCUT2D eigenvalue weighted by Crippen LogP contribution is -2.42. The minimum atomic E-state index is 0. The molecule has 0 aromatic rings. The first kappa shape index (κ1) is 16.8. The van der Waals surface area contributed by atoms with Crippen LogP contribution in [-0.2, 0) is 4.79 Å². The van der Waals surface area contributed by atoms with Crippen molar-refractivity contribution in [2.24, 2.45) is 5.92 Å². The number of carbonyl (C=O) groups excluding carboxylic acids is 1. The number of halogens is 1. The molecule has 0 aromatic carbocycles. The maximum Gasteiger partial charge on any atom is 0.223 e. The third kappa shape index (κ3) is 4.96. The summed E-state index contributed by atoms with van der Waals surface area (Å²) >= 11 is 0. The fourth-order valence-electron chi connectivity index (χ4n) is 3.41. The van der Waals surface area contributed by atoms with E-state index in [4.69, 9.17) is 0 Å². The number of rotatable bonds is 5. The SMILES string of the molecule is CCCN(C(=O)CC1CCCCC1)C1CCNC1.Cl. The molecule has 1 atom stereocenters. The van der Waals surface area contributed by atoms with Gasteiger partial charge < -0.3 is 10.2 Å². The molecule has 2 fully saturated rings. The number of amides is 1. The van der Waals surface area contributed by atoms with Crippen molar-refractivity contribution in [2.75, 3.05) is 19.6 Å². The number of hydrogen-bond donors (Lipinski definition) is 1. The van der Waals surface area contributed by atoms with Crippen LogP contribution < -0.4 is 5.32 Å². The lowest BCUT2D eigenvalue weighted by Gasteiger charge is -2.31. The third-order valence-electron chi connectivity index (χ3n) is 4.45. The molecule has 19 heavy (non-hydrogen) atoms. The van der Waals surface area contributed by atoms with Crippen molar-refractivity contribution in [2.45, 2.75) is 64.3 Å². The van der Waals surface area contributed by atoms with Gasteiger partial charge in [-0.1, -0.05) is 26.2 Å². The Hall–Kier alpha value is -0.280. The molecule has 112 valence electrons. The van der Waals surface area contributed by atoms with E-state index in [0.717, 1.165) is 38.9 Å². The molecule has 2 aliphatic rings. The van der Waals surface area contributed by atoms with Crippen molar-refractivity contribution in [3.8, 4) is 0 Å². The van der Waals surface area contributed by atoms with Crippen LogP contribution in [0.15, 0.2) is 0 Å². The normalized spacial score (nSPS) is 23.9. The molecular formula is C15H29ClN2O. The Balaban J connectivity index is 0.00000180. The Morgan fingerprint density at radius 2 is 1.95 bits per heavy atom. The number of hydrogen-bond acceptors (Lipinski definition) is 2. The van der Waals surface area contributed by atoms with Crippen molar-refractivity contribution in [1.82, 2.24) is 10.2 Å². The zero-order valence-corrected chi connectivity index (χ0v) is 13.0. The molecule has 0 spiro atoms. The molecule has 0 bridgehead atoms. The van der Waals surface area contributed by atoms with Crippen molar-refractivity contribution in [3.05, 3.63) is 0 Å². The summed E-state index contributed by atoms with van der Waals surface area (Å²) in [5.74, 6) is 1.08. The van der Waals surface area contributed by atoms with Gasteiger partial charge in [-0.25, -0.2) is 0 Å².